The van der Waals surface area contributed by atoms with Crippen LogP contribution < -0.4 is 4.74 Å². The third kappa shape index (κ3) is 3.08. The largest absolute Gasteiger partial charge is 0.481 e. The number of halogens is 3. The van der Waals surface area contributed by atoms with Crippen molar-refractivity contribution in [2.45, 2.75) is 12.3 Å². The van der Waals surface area contributed by atoms with E-state index in [1.54, 1.807) is 6.07 Å². The summed E-state index contributed by atoms with van der Waals surface area (Å²) in [7, 11) is 1.45. The zero-order valence-corrected chi connectivity index (χ0v) is 10.6. The molecule has 1 heterocycles. The summed E-state index contributed by atoms with van der Waals surface area (Å²) in [5, 5.41) is 10.1. The standard InChI is InChI=1S/C14H12F3NO2/c1-20-12-6-5-10(8-18-12)13(19)9-3-2-4-11(7-9)14(15,16)17/h2-8,13,19H,1H3. The lowest BCUT2D eigenvalue weighted by molar-refractivity contribution is -0.137. The quantitative estimate of drug-likeness (QED) is 0.940. The van der Waals surface area contributed by atoms with Gasteiger partial charge in [-0.05, 0) is 23.8 Å². The Bertz CT molecular complexity index is 582. The Hall–Kier alpha value is -2.08. The molecule has 1 N–H and O–H groups in total. The van der Waals surface area contributed by atoms with E-state index in [2.05, 4.69) is 4.98 Å². The molecule has 0 spiro atoms. The second-order valence-electron chi connectivity index (χ2n) is 4.16. The summed E-state index contributed by atoms with van der Waals surface area (Å²) < 4.78 is 42.7. The van der Waals surface area contributed by atoms with E-state index < -0.39 is 17.8 Å². The molecule has 6 heteroatoms. The molecule has 1 aromatic carbocycles. The minimum absolute atomic E-state index is 0.159. The van der Waals surface area contributed by atoms with Crippen LogP contribution >= 0.6 is 0 Å². The summed E-state index contributed by atoms with van der Waals surface area (Å²) >= 11 is 0. The first-order valence-electron chi connectivity index (χ1n) is 5.77. The molecule has 20 heavy (non-hydrogen) atoms. The number of hydrogen-bond donors (Lipinski definition) is 1. The van der Waals surface area contributed by atoms with Gasteiger partial charge >= 0.3 is 6.18 Å². The summed E-state index contributed by atoms with van der Waals surface area (Å²) in [6, 6.07) is 7.67. The molecule has 0 amide bonds. The maximum absolute atomic E-state index is 12.6. The van der Waals surface area contributed by atoms with Crippen LogP contribution in [-0.4, -0.2) is 17.2 Å². The average Bonchev–Trinajstić information content (AvgIpc) is 2.46. The normalized spacial score (nSPS) is 13.1. The van der Waals surface area contributed by atoms with Gasteiger partial charge in [0, 0.05) is 17.8 Å². The van der Waals surface area contributed by atoms with Crippen LogP contribution in [0.3, 0.4) is 0 Å². The van der Waals surface area contributed by atoms with Gasteiger partial charge in [0.15, 0.2) is 0 Å². The van der Waals surface area contributed by atoms with Crippen LogP contribution in [0.2, 0.25) is 0 Å². The molecule has 0 saturated carbocycles. The molecule has 0 radical (unpaired) electrons. The second kappa shape index (κ2) is 5.50. The summed E-state index contributed by atoms with van der Waals surface area (Å²) in [5.74, 6) is 0.366. The highest BCUT2D eigenvalue weighted by molar-refractivity contribution is 5.33. The van der Waals surface area contributed by atoms with E-state index >= 15 is 0 Å². The Labute approximate surface area is 113 Å². The Morgan fingerprint density at radius 1 is 1.15 bits per heavy atom. The smallest absolute Gasteiger partial charge is 0.416 e. The van der Waals surface area contributed by atoms with Crippen molar-refractivity contribution in [1.82, 2.24) is 4.98 Å². The SMILES string of the molecule is COc1ccc(C(O)c2cccc(C(F)(F)F)c2)cn1. The van der Waals surface area contributed by atoms with Crippen LogP contribution in [0.4, 0.5) is 13.2 Å². The number of pyridine rings is 1. The van der Waals surface area contributed by atoms with Crippen molar-refractivity contribution < 1.29 is 23.0 Å². The van der Waals surface area contributed by atoms with Gasteiger partial charge in [-0.1, -0.05) is 12.1 Å². The molecule has 1 unspecified atom stereocenters. The third-order valence-corrected chi connectivity index (χ3v) is 2.81. The fourth-order valence-electron chi connectivity index (χ4n) is 1.75. The van der Waals surface area contributed by atoms with E-state index in [0.29, 0.717) is 11.4 Å². The third-order valence-electron chi connectivity index (χ3n) is 2.81. The molecule has 0 aliphatic carbocycles. The van der Waals surface area contributed by atoms with Crippen molar-refractivity contribution >= 4 is 0 Å². The van der Waals surface area contributed by atoms with Crippen molar-refractivity contribution in [3.63, 3.8) is 0 Å². The molecular weight excluding hydrogens is 271 g/mol. The van der Waals surface area contributed by atoms with Gasteiger partial charge in [-0.2, -0.15) is 13.2 Å². The van der Waals surface area contributed by atoms with Crippen LogP contribution in [0.5, 0.6) is 5.88 Å². The van der Waals surface area contributed by atoms with Crippen molar-refractivity contribution in [3.05, 3.63) is 59.3 Å². The molecule has 0 aliphatic rings. The zero-order chi connectivity index (χ0) is 14.8. The van der Waals surface area contributed by atoms with Crippen LogP contribution in [0, 0.1) is 0 Å². The molecule has 3 nitrogen and oxygen atoms in total. The number of alkyl halides is 3. The van der Waals surface area contributed by atoms with E-state index in [0.717, 1.165) is 12.1 Å². The lowest BCUT2D eigenvalue weighted by Crippen LogP contribution is -2.07. The summed E-state index contributed by atoms with van der Waals surface area (Å²) in [6.45, 7) is 0. The highest BCUT2D eigenvalue weighted by atomic mass is 19.4. The number of hydrogen-bond acceptors (Lipinski definition) is 3. The summed E-state index contributed by atoms with van der Waals surface area (Å²) in [4.78, 5) is 3.91. The van der Waals surface area contributed by atoms with Crippen molar-refractivity contribution in [3.8, 4) is 5.88 Å². The number of ether oxygens (including phenoxy) is 1. The molecule has 2 aromatic rings. The van der Waals surface area contributed by atoms with Gasteiger partial charge in [-0.25, -0.2) is 4.98 Å². The topological polar surface area (TPSA) is 42.4 Å². The maximum Gasteiger partial charge on any atom is 0.416 e. The minimum atomic E-state index is -4.44. The predicted octanol–water partition coefficient (Wildman–Crippen LogP) is 3.19. The van der Waals surface area contributed by atoms with Gasteiger partial charge in [0.2, 0.25) is 5.88 Å². The summed E-state index contributed by atoms with van der Waals surface area (Å²) in [5.41, 5.74) is -0.243. The van der Waals surface area contributed by atoms with Crippen LogP contribution in [0.1, 0.15) is 22.8 Å². The van der Waals surface area contributed by atoms with E-state index in [9.17, 15) is 18.3 Å². The first-order valence-corrected chi connectivity index (χ1v) is 5.77. The number of aliphatic hydroxyl groups is 1. The molecule has 0 bridgehead atoms. The molecule has 1 atom stereocenters. The van der Waals surface area contributed by atoms with Crippen molar-refractivity contribution in [2.75, 3.05) is 7.11 Å². The number of rotatable bonds is 3. The number of nitrogens with zero attached hydrogens (tertiary/aromatic N) is 1. The number of aliphatic hydroxyl groups excluding tert-OH is 1. The van der Waals surface area contributed by atoms with Gasteiger partial charge in [0.25, 0.3) is 0 Å². The highest BCUT2D eigenvalue weighted by Gasteiger charge is 2.30. The van der Waals surface area contributed by atoms with Gasteiger partial charge in [-0.3, -0.25) is 0 Å². The van der Waals surface area contributed by atoms with E-state index in [-0.39, 0.29) is 5.56 Å². The lowest BCUT2D eigenvalue weighted by Gasteiger charge is -2.14. The van der Waals surface area contributed by atoms with Crippen molar-refractivity contribution in [1.29, 1.82) is 0 Å². The van der Waals surface area contributed by atoms with Crippen LogP contribution in [0.25, 0.3) is 0 Å². The summed E-state index contributed by atoms with van der Waals surface area (Å²) in [6.07, 6.45) is -4.24. The van der Waals surface area contributed by atoms with E-state index in [1.807, 2.05) is 0 Å². The second-order valence-corrected chi connectivity index (χ2v) is 4.16. The van der Waals surface area contributed by atoms with E-state index in [1.165, 1.54) is 31.5 Å². The molecule has 1 aromatic heterocycles. The molecule has 0 aliphatic heterocycles. The first kappa shape index (κ1) is 14.3. The first-order chi connectivity index (χ1) is 9.41. The zero-order valence-electron chi connectivity index (χ0n) is 10.6. The van der Waals surface area contributed by atoms with Gasteiger partial charge in [-0.15, -0.1) is 0 Å². The van der Waals surface area contributed by atoms with Gasteiger partial charge in [0.05, 0.1) is 12.7 Å². The molecule has 0 saturated heterocycles. The maximum atomic E-state index is 12.6. The Morgan fingerprint density at radius 2 is 1.90 bits per heavy atom. The van der Waals surface area contributed by atoms with Crippen molar-refractivity contribution in [2.24, 2.45) is 0 Å². The molecular formula is C14H12F3NO2. The fourth-order valence-corrected chi connectivity index (χ4v) is 1.75. The number of methoxy groups -OCH3 is 1. The minimum Gasteiger partial charge on any atom is -0.481 e. The van der Waals surface area contributed by atoms with Gasteiger partial charge in [0.1, 0.15) is 6.10 Å². The van der Waals surface area contributed by atoms with E-state index in [4.69, 9.17) is 4.74 Å². The Morgan fingerprint density at radius 3 is 2.45 bits per heavy atom. The molecule has 2 rings (SSSR count). The fraction of sp³-hybridized carbons (Fsp3) is 0.214. The van der Waals surface area contributed by atoms with Crippen LogP contribution in [0.15, 0.2) is 42.6 Å². The predicted molar refractivity (Wildman–Crippen MR) is 66.3 cm³/mol. The van der Waals surface area contributed by atoms with Gasteiger partial charge < -0.3 is 9.84 Å². The molecule has 0 fully saturated rings. The average molecular weight is 283 g/mol. The monoisotopic (exact) mass is 283 g/mol. The lowest BCUT2D eigenvalue weighted by atomic mass is 10.0. The Balaban J connectivity index is 2.30. The molecule has 106 valence electrons. The number of aromatic nitrogens is 1. The Kier molecular flexibility index (Phi) is 3.94. The number of benzene rings is 1. The highest BCUT2D eigenvalue weighted by Crippen LogP contribution is 2.32. The van der Waals surface area contributed by atoms with Crippen LogP contribution in [-0.2, 0) is 6.18 Å².